The van der Waals surface area contributed by atoms with Gasteiger partial charge in [-0.15, -0.1) is 12.4 Å². The maximum atomic E-state index is 10.5. The zero-order chi connectivity index (χ0) is 12.6. The fourth-order valence-corrected chi connectivity index (χ4v) is 1.71. The first-order valence-electron chi connectivity index (χ1n) is 4.97. The molecule has 0 aliphatic carbocycles. The van der Waals surface area contributed by atoms with E-state index in [0.29, 0.717) is 5.02 Å². The minimum atomic E-state index is -0.433. The molecule has 0 spiro atoms. The van der Waals surface area contributed by atoms with Crippen molar-refractivity contribution < 1.29 is 4.92 Å². The predicted molar refractivity (Wildman–Crippen MR) is 72.0 cm³/mol. The third kappa shape index (κ3) is 2.47. The van der Waals surface area contributed by atoms with Crippen LogP contribution in [-0.4, -0.2) is 14.7 Å². The Kier molecular flexibility index (Phi) is 4.32. The second-order valence-electron chi connectivity index (χ2n) is 3.67. The van der Waals surface area contributed by atoms with E-state index < -0.39 is 4.92 Å². The highest BCUT2D eigenvalue weighted by molar-refractivity contribution is 6.31. The minimum absolute atomic E-state index is 0. The Bertz CT molecular complexity index is 579. The van der Waals surface area contributed by atoms with Crippen molar-refractivity contribution in [3.8, 4) is 5.69 Å². The van der Waals surface area contributed by atoms with Gasteiger partial charge in [-0.25, -0.2) is 4.68 Å². The van der Waals surface area contributed by atoms with Gasteiger partial charge in [0.15, 0.2) is 0 Å². The van der Waals surface area contributed by atoms with Gasteiger partial charge in [-0.3, -0.25) is 10.1 Å². The van der Waals surface area contributed by atoms with Gasteiger partial charge in [0.05, 0.1) is 27.0 Å². The van der Waals surface area contributed by atoms with Gasteiger partial charge >= 0.3 is 0 Å². The molecule has 1 heterocycles. The summed E-state index contributed by atoms with van der Waals surface area (Å²) in [5.41, 5.74) is 2.37. The Labute approximate surface area is 115 Å². The molecule has 7 heteroatoms. The third-order valence-electron chi connectivity index (χ3n) is 2.51. The van der Waals surface area contributed by atoms with Crippen LogP contribution in [0.15, 0.2) is 24.3 Å². The Morgan fingerprint density at radius 1 is 1.28 bits per heavy atom. The second-order valence-corrected chi connectivity index (χ2v) is 4.05. The molecule has 1 aromatic heterocycles. The monoisotopic (exact) mass is 287 g/mol. The van der Waals surface area contributed by atoms with Gasteiger partial charge in [0.25, 0.3) is 5.69 Å². The SMILES string of the molecule is Cc1nn(-c2ccc([N+](=O)[O-])cc2)c(C)c1Cl.Cl. The van der Waals surface area contributed by atoms with Gasteiger partial charge in [0, 0.05) is 12.1 Å². The fraction of sp³-hybridized carbons (Fsp3) is 0.182. The second kappa shape index (κ2) is 5.37. The summed E-state index contributed by atoms with van der Waals surface area (Å²) in [4.78, 5) is 10.1. The van der Waals surface area contributed by atoms with E-state index in [0.717, 1.165) is 17.1 Å². The van der Waals surface area contributed by atoms with E-state index in [9.17, 15) is 10.1 Å². The Morgan fingerprint density at radius 2 is 1.83 bits per heavy atom. The first-order valence-corrected chi connectivity index (χ1v) is 5.35. The summed E-state index contributed by atoms with van der Waals surface area (Å²) >= 11 is 6.04. The molecular weight excluding hydrogens is 277 g/mol. The molecule has 18 heavy (non-hydrogen) atoms. The molecule has 2 rings (SSSR count). The highest BCUT2D eigenvalue weighted by Crippen LogP contribution is 2.23. The van der Waals surface area contributed by atoms with Crippen LogP contribution in [0.25, 0.3) is 5.69 Å². The summed E-state index contributed by atoms with van der Waals surface area (Å²) in [5.74, 6) is 0. The maximum absolute atomic E-state index is 10.5. The molecule has 0 aliphatic heterocycles. The predicted octanol–water partition coefficient (Wildman–Crippen LogP) is 3.47. The number of aromatic nitrogens is 2. The van der Waals surface area contributed by atoms with Gasteiger partial charge in [0.1, 0.15) is 0 Å². The quantitative estimate of drug-likeness (QED) is 0.628. The summed E-state index contributed by atoms with van der Waals surface area (Å²) in [6.45, 7) is 3.67. The Balaban J connectivity index is 0.00000162. The van der Waals surface area contributed by atoms with Crippen molar-refractivity contribution in [2.45, 2.75) is 13.8 Å². The van der Waals surface area contributed by atoms with Crippen molar-refractivity contribution >= 4 is 29.7 Å². The van der Waals surface area contributed by atoms with Crippen LogP contribution < -0.4 is 0 Å². The van der Waals surface area contributed by atoms with Crippen LogP contribution in [-0.2, 0) is 0 Å². The molecule has 96 valence electrons. The van der Waals surface area contributed by atoms with Crippen LogP contribution in [0.1, 0.15) is 11.4 Å². The number of halogens is 2. The molecule has 0 bridgehead atoms. The molecular formula is C11H11Cl2N3O2. The number of rotatable bonds is 2. The van der Waals surface area contributed by atoms with E-state index in [1.807, 2.05) is 13.8 Å². The summed E-state index contributed by atoms with van der Waals surface area (Å²) < 4.78 is 1.67. The van der Waals surface area contributed by atoms with Crippen LogP contribution in [0.4, 0.5) is 5.69 Å². The maximum Gasteiger partial charge on any atom is 0.269 e. The van der Waals surface area contributed by atoms with E-state index in [4.69, 9.17) is 11.6 Å². The van der Waals surface area contributed by atoms with Crippen LogP contribution in [0.3, 0.4) is 0 Å². The van der Waals surface area contributed by atoms with E-state index in [1.165, 1.54) is 12.1 Å². The Hall–Kier alpha value is -1.59. The summed E-state index contributed by atoms with van der Waals surface area (Å²) in [6, 6.07) is 6.18. The van der Waals surface area contributed by atoms with Crippen molar-refractivity contribution in [3.63, 3.8) is 0 Å². The number of hydrogen-bond donors (Lipinski definition) is 0. The number of non-ortho nitro benzene ring substituents is 1. The van der Waals surface area contributed by atoms with Gasteiger partial charge in [-0.05, 0) is 26.0 Å². The van der Waals surface area contributed by atoms with E-state index in [1.54, 1.807) is 16.8 Å². The molecule has 1 aromatic carbocycles. The molecule has 5 nitrogen and oxygen atoms in total. The number of benzene rings is 1. The van der Waals surface area contributed by atoms with E-state index in [-0.39, 0.29) is 18.1 Å². The largest absolute Gasteiger partial charge is 0.269 e. The minimum Gasteiger partial charge on any atom is -0.258 e. The van der Waals surface area contributed by atoms with Crippen molar-refractivity contribution in [2.24, 2.45) is 0 Å². The lowest BCUT2D eigenvalue weighted by atomic mass is 10.3. The summed E-state index contributed by atoms with van der Waals surface area (Å²) in [7, 11) is 0. The van der Waals surface area contributed by atoms with Crippen LogP contribution >= 0.6 is 24.0 Å². The zero-order valence-electron chi connectivity index (χ0n) is 9.75. The lowest BCUT2D eigenvalue weighted by Gasteiger charge is -2.03. The lowest BCUT2D eigenvalue weighted by Crippen LogP contribution is -1.99. The lowest BCUT2D eigenvalue weighted by molar-refractivity contribution is -0.384. The molecule has 0 fully saturated rings. The fourth-order valence-electron chi connectivity index (χ4n) is 1.59. The zero-order valence-corrected chi connectivity index (χ0v) is 11.3. The first-order chi connectivity index (χ1) is 8.00. The normalized spacial score (nSPS) is 9.94. The molecule has 0 N–H and O–H groups in total. The Morgan fingerprint density at radius 3 is 2.22 bits per heavy atom. The standard InChI is InChI=1S/C11H10ClN3O2.ClH/c1-7-11(12)8(2)14(13-7)9-3-5-10(6-4-9)15(16)17;/h3-6H,1-2H3;1H. The highest BCUT2D eigenvalue weighted by Gasteiger charge is 2.11. The van der Waals surface area contributed by atoms with E-state index >= 15 is 0 Å². The van der Waals surface area contributed by atoms with Gasteiger partial charge < -0.3 is 0 Å². The third-order valence-corrected chi connectivity index (χ3v) is 3.06. The van der Waals surface area contributed by atoms with E-state index in [2.05, 4.69) is 5.10 Å². The summed E-state index contributed by atoms with van der Waals surface area (Å²) in [5, 5.41) is 15.4. The average Bonchev–Trinajstić information content (AvgIpc) is 2.57. The topological polar surface area (TPSA) is 61.0 Å². The average molecular weight is 288 g/mol. The number of nitro benzene ring substituents is 1. The van der Waals surface area contributed by atoms with Gasteiger partial charge in [0.2, 0.25) is 0 Å². The molecule has 0 saturated heterocycles. The van der Waals surface area contributed by atoms with Crippen molar-refractivity contribution in [3.05, 3.63) is 50.8 Å². The van der Waals surface area contributed by atoms with Crippen LogP contribution in [0, 0.1) is 24.0 Å². The number of hydrogen-bond acceptors (Lipinski definition) is 3. The van der Waals surface area contributed by atoms with Crippen LogP contribution in [0.5, 0.6) is 0 Å². The molecule has 0 amide bonds. The van der Waals surface area contributed by atoms with Crippen LogP contribution in [0.2, 0.25) is 5.02 Å². The summed E-state index contributed by atoms with van der Waals surface area (Å²) in [6.07, 6.45) is 0. The van der Waals surface area contributed by atoms with Gasteiger partial charge in [-0.1, -0.05) is 11.6 Å². The molecule has 0 unspecified atom stereocenters. The van der Waals surface area contributed by atoms with Crippen molar-refractivity contribution in [1.82, 2.24) is 9.78 Å². The smallest absolute Gasteiger partial charge is 0.258 e. The molecule has 0 saturated carbocycles. The number of aryl methyl sites for hydroxylation is 1. The molecule has 0 aliphatic rings. The van der Waals surface area contributed by atoms with Crippen molar-refractivity contribution in [2.75, 3.05) is 0 Å². The highest BCUT2D eigenvalue weighted by atomic mass is 35.5. The molecule has 2 aromatic rings. The first kappa shape index (κ1) is 14.5. The number of nitro groups is 1. The molecule has 0 radical (unpaired) electrons. The molecule has 0 atom stereocenters. The number of nitrogens with zero attached hydrogens (tertiary/aromatic N) is 3. The van der Waals surface area contributed by atoms with Gasteiger partial charge in [-0.2, -0.15) is 5.10 Å². The van der Waals surface area contributed by atoms with Crippen molar-refractivity contribution in [1.29, 1.82) is 0 Å².